The van der Waals surface area contributed by atoms with E-state index in [0.29, 0.717) is 11.5 Å². The Hall–Kier alpha value is -3.02. The van der Waals surface area contributed by atoms with Crippen molar-refractivity contribution in [1.82, 2.24) is 20.4 Å². The number of fused-ring (bicyclic) bond motifs is 1. The fourth-order valence-corrected chi connectivity index (χ4v) is 2.46. The maximum Gasteiger partial charge on any atom is 0.270 e. The molecule has 3 rings (SSSR count). The van der Waals surface area contributed by atoms with E-state index in [-0.39, 0.29) is 5.91 Å². The SMILES string of the molecule is Cc1cc(C)nc(NNC(=O)c2cc(C)nc3ccccc23)n1. The summed E-state index contributed by atoms with van der Waals surface area (Å²) >= 11 is 0. The van der Waals surface area contributed by atoms with E-state index in [0.717, 1.165) is 28.0 Å². The van der Waals surface area contributed by atoms with Crippen molar-refractivity contribution in [3.8, 4) is 0 Å². The number of anilines is 1. The molecule has 0 spiro atoms. The molecule has 1 amide bonds. The Morgan fingerprint density at radius 1 is 0.913 bits per heavy atom. The van der Waals surface area contributed by atoms with Crippen molar-refractivity contribution in [2.75, 3.05) is 5.43 Å². The van der Waals surface area contributed by atoms with Crippen molar-refractivity contribution in [3.63, 3.8) is 0 Å². The van der Waals surface area contributed by atoms with Crippen LogP contribution in [0, 0.1) is 20.8 Å². The number of amides is 1. The van der Waals surface area contributed by atoms with Crippen LogP contribution in [0.2, 0.25) is 0 Å². The number of pyridine rings is 1. The average molecular weight is 307 g/mol. The van der Waals surface area contributed by atoms with Crippen molar-refractivity contribution in [1.29, 1.82) is 0 Å². The number of hydrogen-bond acceptors (Lipinski definition) is 5. The van der Waals surface area contributed by atoms with Crippen LogP contribution in [0.3, 0.4) is 0 Å². The third-order valence-corrected chi connectivity index (χ3v) is 3.36. The smallest absolute Gasteiger partial charge is 0.267 e. The molecule has 2 N–H and O–H groups in total. The van der Waals surface area contributed by atoms with E-state index in [2.05, 4.69) is 25.8 Å². The van der Waals surface area contributed by atoms with E-state index in [9.17, 15) is 4.79 Å². The van der Waals surface area contributed by atoms with Gasteiger partial charge in [-0.05, 0) is 39.0 Å². The van der Waals surface area contributed by atoms with Crippen LogP contribution in [-0.4, -0.2) is 20.9 Å². The minimum atomic E-state index is -0.255. The van der Waals surface area contributed by atoms with E-state index >= 15 is 0 Å². The van der Waals surface area contributed by atoms with Gasteiger partial charge in [-0.2, -0.15) is 0 Å². The Morgan fingerprint density at radius 3 is 2.30 bits per heavy atom. The quantitative estimate of drug-likeness (QED) is 0.727. The maximum absolute atomic E-state index is 12.5. The van der Waals surface area contributed by atoms with Gasteiger partial charge in [0.15, 0.2) is 0 Å². The number of hydrazine groups is 1. The lowest BCUT2D eigenvalue weighted by atomic mass is 10.1. The van der Waals surface area contributed by atoms with Gasteiger partial charge in [0.25, 0.3) is 5.91 Å². The highest BCUT2D eigenvalue weighted by Gasteiger charge is 2.12. The standard InChI is InChI=1S/C17H17N5O/c1-10-8-11(2)20-17(19-10)22-21-16(23)14-9-12(3)18-15-7-5-4-6-13(14)15/h4-9H,1-3H3,(H,21,23)(H,19,20,22). The van der Waals surface area contributed by atoms with Crippen LogP contribution in [0.15, 0.2) is 36.4 Å². The van der Waals surface area contributed by atoms with Crippen molar-refractivity contribution in [2.24, 2.45) is 0 Å². The number of benzene rings is 1. The molecule has 0 aliphatic heterocycles. The third kappa shape index (κ3) is 3.26. The van der Waals surface area contributed by atoms with Crippen molar-refractivity contribution in [3.05, 3.63) is 59.0 Å². The number of nitrogens with one attached hydrogen (secondary N) is 2. The molecule has 0 fully saturated rings. The fraction of sp³-hybridized carbons (Fsp3) is 0.176. The molecule has 0 saturated carbocycles. The zero-order valence-corrected chi connectivity index (χ0v) is 13.2. The summed E-state index contributed by atoms with van der Waals surface area (Å²) in [6.45, 7) is 5.62. The number of aromatic nitrogens is 3. The molecule has 3 aromatic rings. The first-order chi connectivity index (χ1) is 11.0. The number of aryl methyl sites for hydroxylation is 3. The van der Waals surface area contributed by atoms with E-state index < -0.39 is 0 Å². The van der Waals surface area contributed by atoms with Crippen LogP contribution >= 0.6 is 0 Å². The van der Waals surface area contributed by atoms with Crippen molar-refractivity contribution in [2.45, 2.75) is 20.8 Å². The first-order valence-corrected chi connectivity index (χ1v) is 7.28. The maximum atomic E-state index is 12.5. The highest BCUT2D eigenvalue weighted by molar-refractivity contribution is 6.06. The summed E-state index contributed by atoms with van der Waals surface area (Å²) in [5, 5.41) is 0.804. The Labute approximate surface area is 134 Å². The molecular formula is C17H17N5O. The van der Waals surface area contributed by atoms with Gasteiger partial charge < -0.3 is 0 Å². The Balaban J connectivity index is 1.86. The zero-order chi connectivity index (χ0) is 16.4. The van der Waals surface area contributed by atoms with Gasteiger partial charge in [-0.15, -0.1) is 0 Å². The molecule has 116 valence electrons. The highest BCUT2D eigenvalue weighted by atomic mass is 16.2. The lowest BCUT2D eigenvalue weighted by molar-refractivity contribution is 0.0963. The summed E-state index contributed by atoms with van der Waals surface area (Å²) < 4.78 is 0. The number of rotatable bonds is 3. The van der Waals surface area contributed by atoms with Crippen molar-refractivity contribution >= 4 is 22.8 Å². The van der Waals surface area contributed by atoms with Gasteiger partial charge in [-0.3, -0.25) is 20.6 Å². The summed E-state index contributed by atoms with van der Waals surface area (Å²) in [6.07, 6.45) is 0. The first-order valence-electron chi connectivity index (χ1n) is 7.28. The molecule has 0 bridgehead atoms. The van der Waals surface area contributed by atoms with Crippen LogP contribution in [0.4, 0.5) is 5.95 Å². The lowest BCUT2D eigenvalue weighted by Gasteiger charge is -2.10. The van der Waals surface area contributed by atoms with Gasteiger partial charge in [-0.1, -0.05) is 18.2 Å². The number of carbonyl (C=O) groups is 1. The van der Waals surface area contributed by atoms with Crippen LogP contribution in [0.1, 0.15) is 27.4 Å². The van der Waals surface area contributed by atoms with E-state index in [1.807, 2.05) is 51.1 Å². The second-order valence-electron chi connectivity index (χ2n) is 5.38. The Morgan fingerprint density at radius 2 is 1.57 bits per heavy atom. The number of para-hydroxylation sites is 1. The Bertz CT molecular complexity index is 871. The molecule has 0 radical (unpaired) electrons. The summed E-state index contributed by atoms with van der Waals surface area (Å²) in [7, 11) is 0. The van der Waals surface area contributed by atoms with Gasteiger partial charge in [0.05, 0.1) is 11.1 Å². The average Bonchev–Trinajstić information content (AvgIpc) is 2.51. The Kier molecular flexibility index (Phi) is 3.89. The van der Waals surface area contributed by atoms with Crippen molar-refractivity contribution < 1.29 is 4.79 Å². The molecule has 1 aromatic carbocycles. The van der Waals surface area contributed by atoms with Crippen LogP contribution in [-0.2, 0) is 0 Å². The fourth-order valence-electron chi connectivity index (χ4n) is 2.46. The summed E-state index contributed by atoms with van der Waals surface area (Å²) in [5.74, 6) is 0.111. The second kappa shape index (κ2) is 6.00. The van der Waals surface area contributed by atoms with Gasteiger partial charge in [0.2, 0.25) is 5.95 Å². The highest BCUT2D eigenvalue weighted by Crippen LogP contribution is 2.18. The molecule has 0 unspecified atom stereocenters. The minimum absolute atomic E-state index is 0.255. The van der Waals surface area contributed by atoms with Gasteiger partial charge >= 0.3 is 0 Å². The van der Waals surface area contributed by atoms with Gasteiger partial charge in [0.1, 0.15) is 0 Å². The molecule has 2 aromatic heterocycles. The third-order valence-electron chi connectivity index (χ3n) is 3.36. The first kappa shape index (κ1) is 14.9. The summed E-state index contributed by atoms with van der Waals surface area (Å²) in [6, 6.07) is 11.2. The topological polar surface area (TPSA) is 79.8 Å². The van der Waals surface area contributed by atoms with Crippen LogP contribution in [0.5, 0.6) is 0 Å². The predicted molar refractivity (Wildman–Crippen MR) is 89.1 cm³/mol. The zero-order valence-electron chi connectivity index (χ0n) is 13.2. The predicted octanol–water partition coefficient (Wildman–Crippen LogP) is 2.71. The second-order valence-corrected chi connectivity index (χ2v) is 5.38. The molecule has 6 nitrogen and oxygen atoms in total. The van der Waals surface area contributed by atoms with Gasteiger partial charge in [0, 0.05) is 22.5 Å². The largest absolute Gasteiger partial charge is 0.270 e. The summed E-state index contributed by atoms with van der Waals surface area (Å²) in [5.41, 5.74) is 9.22. The van der Waals surface area contributed by atoms with Gasteiger partial charge in [-0.25, -0.2) is 9.97 Å². The normalized spacial score (nSPS) is 10.6. The minimum Gasteiger partial charge on any atom is -0.267 e. The van der Waals surface area contributed by atoms with E-state index in [4.69, 9.17) is 0 Å². The van der Waals surface area contributed by atoms with E-state index in [1.165, 1.54) is 0 Å². The molecule has 2 heterocycles. The molecule has 0 aliphatic carbocycles. The van der Waals surface area contributed by atoms with E-state index in [1.54, 1.807) is 6.07 Å². The molecule has 23 heavy (non-hydrogen) atoms. The molecule has 0 aliphatic rings. The molecule has 0 atom stereocenters. The molecule has 6 heteroatoms. The number of hydrogen-bond donors (Lipinski definition) is 2. The molecular weight excluding hydrogens is 290 g/mol. The number of nitrogens with zero attached hydrogens (tertiary/aromatic N) is 3. The lowest BCUT2D eigenvalue weighted by Crippen LogP contribution is -2.30. The van der Waals surface area contributed by atoms with Crippen LogP contribution < -0.4 is 10.9 Å². The number of carbonyl (C=O) groups excluding carboxylic acids is 1. The van der Waals surface area contributed by atoms with Crippen LogP contribution in [0.25, 0.3) is 10.9 Å². The monoisotopic (exact) mass is 307 g/mol. The summed E-state index contributed by atoms with van der Waals surface area (Å²) in [4.78, 5) is 25.4. The molecule has 0 saturated heterocycles.